The Morgan fingerprint density at radius 3 is 2.74 bits per heavy atom. The van der Waals surface area contributed by atoms with Crippen molar-refractivity contribution in [3.05, 3.63) is 23.5 Å². The second-order valence-electron chi connectivity index (χ2n) is 10.4. The third kappa shape index (κ3) is 2.46. The highest BCUT2D eigenvalue weighted by Gasteiger charge is 2.60. The van der Waals surface area contributed by atoms with Gasteiger partial charge in [0.1, 0.15) is 0 Å². The second kappa shape index (κ2) is 6.06. The molecule has 5 rings (SSSR count). The minimum Gasteiger partial charge on any atom is -0.294 e. The van der Waals surface area contributed by atoms with Gasteiger partial charge in [-0.2, -0.15) is 5.10 Å². The van der Waals surface area contributed by atoms with Crippen LogP contribution in [0.25, 0.3) is 6.08 Å². The van der Waals surface area contributed by atoms with Crippen LogP contribution in [-0.2, 0) is 11.8 Å². The first-order valence-electron chi connectivity index (χ1n) is 11.2. The molecule has 27 heavy (non-hydrogen) atoms. The van der Waals surface area contributed by atoms with Gasteiger partial charge >= 0.3 is 0 Å². The van der Waals surface area contributed by atoms with Crippen LogP contribution in [0.2, 0.25) is 0 Å². The summed E-state index contributed by atoms with van der Waals surface area (Å²) in [6.07, 6.45) is 15.8. The van der Waals surface area contributed by atoms with Gasteiger partial charge < -0.3 is 0 Å². The van der Waals surface area contributed by atoms with Crippen LogP contribution in [0.3, 0.4) is 0 Å². The Bertz CT molecular complexity index is 792. The molecular formula is C24H34N2O. The van der Waals surface area contributed by atoms with E-state index in [9.17, 15) is 4.79 Å². The minimum absolute atomic E-state index is 0.122. The van der Waals surface area contributed by atoms with Crippen molar-refractivity contribution in [3.8, 4) is 0 Å². The Morgan fingerprint density at radius 1 is 1.11 bits per heavy atom. The van der Waals surface area contributed by atoms with Gasteiger partial charge in [0.2, 0.25) is 0 Å². The zero-order valence-electron chi connectivity index (χ0n) is 17.2. The van der Waals surface area contributed by atoms with Crippen LogP contribution in [0.15, 0.2) is 17.8 Å². The lowest BCUT2D eigenvalue weighted by atomic mass is 9.45. The molecule has 0 spiro atoms. The lowest BCUT2D eigenvalue weighted by Gasteiger charge is -2.59. The van der Waals surface area contributed by atoms with Crippen LogP contribution in [0.1, 0.15) is 77.3 Å². The van der Waals surface area contributed by atoms with Gasteiger partial charge in [-0.25, -0.2) is 0 Å². The first-order valence-corrected chi connectivity index (χ1v) is 11.2. The molecule has 0 bridgehead atoms. The van der Waals surface area contributed by atoms with Gasteiger partial charge in [-0.15, -0.1) is 0 Å². The summed E-state index contributed by atoms with van der Waals surface area (Å²) in [6, 6.07) is 2.02. The van der Waals surface area contributed by atoms with Crippen molar-refractivity contribution in [2.75, 3.05) is 0 Å². The van der Waals surface area contributed by atoms with E-state index in [1.165, 1.54) is 44.9 Å². The molecule has 4 aliphatic rings. The van der Waals surface area contributed by atoms with Gasteiger partial charge in [-0.3, -0.25) is 9.48 Å². The molecule has 4 fully saturated rings. The molecule has 0 unspecified atom stereocenters. The number of hydrogen-bond donors (Lipinski definition) is 0. The molecule has 1 aromatic rings. The molecule has 3 nitrogen and oxygen atoms in total. The highest BCUT2D eigenvalue weighted by Crippen LogP contribution is 2.66. The number of hydrogen-bond acceptors (Lipinski definition) is 2. The minimum atomic E-state index is -0.122. The van der Waals surface area contributed by atoms with Gasteiger partial charge in [0.25, 0.3) is 0 Å². The zero-order chi connectivity index (χ0) is 18.8. The maximum absolute atomic E-state index is 13.4. The lowest BCUT2D eigenvalue weighted by molar-refractivity contribution is -0.137. The topological polar surface area (TPSA) is 34.9 Å². The van der Waals surface area contributed by atoms with Crippen LogP contribution in [-0.4, -0.2) is 15.6 Å². The maximum atomic E-state index is 13.4. The number of rotatable bonds is 1. The number of aromatic nitrogens is 2. The van der Waals surface area contributed by atoms with Crippen LogP contribution in [0.5, 0.6) is 0 Å². The standard InChI is InChI=1S/C24H34N2O/c1-23-11-5-4-6-17(23)7-8-19-20(23)9-12-24(2)21(19)15-16(22(24)27)14-18-10-13-25-26(18)3/h10,13-14,17,19-21H,4-9,11-12,15H2,1-3H3/b16-14-/t17-,19+,20-,21-,23+,24-/m1/s1. The molecule has 1 heterocycles. The van der Waals surface area contributed by atoms with Crippen LogP contribution < -0.4 is 0 Å². The van der Waals surface area contributed by atoms with Crippen LogP contribution in [0, 0.1) is 34.5 Å². The van der Waals surface area contributed by atoms with Gasteiger partial charge in [0.05, 0.1) is 5.69 Å². The lowest BCUT2D eigenvalue weighted by Crippen LogP contribution is -2.52. The summed E-state index contributed by atoms with van der Waals surface area (Å²) in [5, 5.41) is 4.27. The number of fused-ring (bicyclic) bond motifs is 5. The van der Waals surface area contributed by atoms with Crippen molar-refractivity contribution in [1.29, 1.82) is 0 Å². The number of allylic oxidation sites excluding steroid dienone is 1. The molecular weight excluding hydrogens is 332 g/mol. The summed E-state index contributed by atoms with van der Waals surface area (Å²) in [4.78, 5) is 13.4. The summed E-state index contributed by atoms with van der Waals surface area (Å²) >= 11 is 0. The molecule has 0 radical (unpaired) electrons. The second-order valence-corrected chi connectivity index (χ2v) is 10.4. The highest BCUT2D eigenvalue weighted by molar-refractivity contribution is 6.05. The third-order valence-electron chi connectivity index (χ3n) is 9.40. The Hall–Kier alpha value is -1.38. The molecule has 146 valence electrons. The van der Waals surface area contributed by atoms with Crippen molar-refractivity contribution in [3.63, 3.8) is 0 Å². The van der Waals surface area contributed by atoms with Crippen LogP contribution in [0.4, 0.5) is 0 Å². The average molecular weight is 367 g/mol. The largest absolute Gasteiger partial charge is 0.294 e. The predicted octanol–water partition coefficient (Wildman–Crippen LogP) is 5.42. The van der Waals surface area contributed by atoms with Crippen molar-refractivity contribution >= 4 is 11.9 Å². The molecule has 6 atom stereocenters. The zero-order valence-corrected chi connectivity index (χ0v) is 17.2. The smallest absolute Gasteiger partial charge is 0.165 e. The van der Waals surface area contributed by atoms with Gasteiger partial charge in [0.15, 0.2) is 5.78 Å². The van der Waals surface area contributed by atoms with E-state index >= 15 is 0 Å². The fourth-order valence-electron chi connectivity index (χ4n) is 7.80. The fraction of sp³-hybridized carbons (Fsp3) is 0.750. The number of carbonyl (C=O) groups excluding carboxylic acids is 1. The average Bonchev–Trinajstić information content (AvgIpc) is 3.17. The van der Waals surface area contributed by atoms with E-state index in [4.69, 9.17) is 0 Å². The number of ketones is 1. The van der Waals surface area contributed by atoms with E-state index in [0.717, 1.165) is 41.9 Å². The highest BCUT2D eigenvalue weighted by atomic mass is 16.1. The molecule has 1 aromatic heterocycles. The van der Waals surface area contributed by atoms with Gasteiger partial charge in [0, 0.05) is 18.7 Å². The van der Waals surface area contributed by atoms with Crippen LogP contribution >= 0.6 is 0 Å². The van der Waals surface area contributed by atoms with E-state index in [0.29, 0.717) is 17.1 Å². The predicted molar refractivity (Wildman–Crippen MR) is 108 cm³/mol. The summed E-state index contributed by atoms with van der Waals surface area (Å²) in [7, 11) is 1.96. The van der Waals surface area contributed by atoms with E-state index in [-0.39, 0.29) is 5.41 Å². The van der Waals surface area contributed by atoms with Crippen molar-refractivity contribution in [2.24, 2.45) is 41.5 Å². The first-order chi connectivity index (χ1) is 12.9. The monoisotopic (exact) mass is 366 g/mol. The molecule has 0 amide bonds. The summed E-state index contributed by atoms with van der Waals surface area (Å²) in [6.45, 7) is 4.90. The Morgan fingerprint density at radius 2 is 1.96 bits per heavy atom. The first kappa shape index (κ1) is 17.7. The number of carbonyl (C=O) groups is 1. The van der Waals surface area contributed by atoms with Crippen molar-refractivity contribution in [2.45, 2.75) is 71.6 Å². The summed E-state index contributed by atoms with van der Waals surface area (Å²) < 4.78 is 1.88. The van der Waals surface area contributed by atoms with E-state index in [2.05, 4.69) is 25.0 Å². The Kier molecular flexibility index (Phi) is 3.97. The van der Waals surface area contributed by atoms with Gasteiger partial charge in [-0.05, 0) is 91.7 Å². The maximum Gasteiger partial charge on any atom is 0.165 e. The number of nitrogens with zero attached hydrogens (tertiary/aromatic N) is 2. The fourth-order valence-corrected chi connectivity index (χ4v) is 7.80. The molecule has 3 heteroatoms. The summed E-state index contributed by atoms with van der Waals surface area (Å²) in [5.74, 6) is 3.53. The summed E-state index contributed by atoms with van der Waals surface area (Å²) in [5.41, 5.74) is 2.53. The van der Waals surface area contributed by atoms with E-state index in [1.807, 2.05) is 24.0 Å². The van der Waals surface area contributed by atoms with E-state index < -0.39 is 0 Å². The normalized spacial score (nSPS) is 45.4. The molecule has 4 saturated carbocycles. The van der Waals surface area contributed by atoms with Crippen molar-refractivity contribution < 1.29 is 4.79 Å². The molecule has 0 saturated heterocycles. The third-order valence-corrected chi connectivity index (χ3v) is 9.40. The SMILES string of the molecule is Cn1nccc1/C=C1/C[C@@H]2[C@H]3CC[C@H]4CCCC[C@]4(C)[C@@H]3CC[C@@]2(C)C1=O. The molecule has 0 aromatic carbocycles. The molecule has 4 aliphatic carbocycles. The number of aryl methyl sites for hydroxylation is 1. The quantitative estimate of drug-likeness (QED) is 0.622. The number of Topliss-reactive ketones (excluding diaryl/α,β-unsaturated/α-hetero) is 1. The Balaban J connectivity index is 1.48. The van der Waals surface area contributed by atoms with E-state index in [1.54, 1.807) is 0 Å². The van der Waals surface area contributed by atoms with Gasteiger partial charge in [-0.1, -0.05) is 26.7 Å². The molecule has 0 aliphatic heterocycles. The Labute approximate surface area is 163 Å². The van der Waals surface area contributed by atoms with Crippen molar-refractivity contribution in [1.82, 2.24) is 9.78 Å². The molecule has 0 N–H and O–H groups in total.